The van der Waals surface area contributed by atoms with E-state index in [2.05, 4.69) is 27.8 Å². The molecule has 3 rings (SSSR count). The summed E-state index contributed by atoms with van der Waals surface area (Å²) in [5.41, 5.74) is 3.95. The minimum atomic E-state index is -0.412. The van der Waals surface area contributed by atoms with Crippen LogP contribution in [0.15, 0.2) is 29.3 Å². The van der Waals surface area contributed by atoms with Crippen LogP contribution in [0.1, 0.15) is 42.0 Å². The van der Waals surface area contributed by atoms with E-state index in [9.17, 15) is 10.1 Å². The molecule has 1 saturated heterocycles. The zero-order valence-electron chi connectivity index (χ0n) is 19.9. The van der Waals surface area contributed by atoms with E-state index >= 15 is 0 Å². The Morgan fingerprint density at radius 3 is 2.62 bits per heavy atom. The highest BCUT2D eigenvalue weighted by molar-refractivity contribution is 7.98. The predicted octanol–water partition coefficient (Wildman–Crippen LogP) is 3.99. The first-order valence-corrected chi connectivity index (χ1v) is 12.6. The normalized spacial score (nSPS) is 14.3. The Balaban J connectivity index is 1.84. The van der Waals surface area contributed by atoms with Gasteiger partial charge in [-0.3, -0.25) is 4.79 Å². The van der Waals surface area contributed by atoms with Crippen molar-refractivity contribution in [3.63, 3.8) is 0 Å². The first kappa shape index (κ1) is 25.7. The number of aliphatic hydroxyl groups excluding tert-OH is 1. The Morgan fingerprint density at radius 1 is 1.24 bits per heavy atom. The van der Waals surface area contributed by atoms with Gasteiger partial charge >= 0.3 is 0 Å². The molecule has 0 bridgehead atoms. The molecule has 2 aromatic rings. The maximum absolute atomic E-state index is 11.3. The summed E-state index contributed by atoms with van der Waals surface area (Å²) in [4.78, 5) is 24.5. The third-order valence-electron chi connectivity index (χ3n) is 6.08. The molecule has 34 heavy (non-hydrogen) atoms. The second-order valence-electron chi connectivity index (χ2n) is 8.47. The molecule has 0 amide bonds. The number of nitrogens with zero attached hydrogens (tertiary/aromatic N) is 5. The Morgan fingerprint density at radius 2 is 1.97 bits per heavy atom. The van der Waals surface area contributed by atoms with E-state index in [4.69, 9.17) is 16.7 Å². The molecule has 8 heteroatoms. The number of ketones is 1. The fraction of sp³-hybridized carbons (Fsp3) is 0.462. The van der Waals surface area contributed by atoms with Crippen molar-refractivity contribution in [3.8, 4) is 6.07 Å². The maximum atomic E-state index is 11.3. The number of rotatable bonds is 9. The van der Waals surface area contributed by atoms with E-state index in [0.29, 0.717) is 47.1 Å². The van der Waals surface area contributed by atoms with E-state index < -0.39 is 6.61 Å². The van der Waals surface area contributed by atoms with Crippen LogP contribution in [-0.2, 0) is 23.4 Å². The van der Waals surface area contributed by atoms with Crippen LogP contribution in [0, 0.1) is 17.9 Å². The van der Waals surface area contributed by atoms with Gasteiger partial charge in [-0.1, -0.05) is 31.2 Å². The Kier molecular flexibility index (Phi) is 9.47. The van der Waals surface area contributed by atoms with Gasteiger partial charge < -0.3 is 14.9 Å². The van der Waals surface area contributed by atoms with Gasteiger partial charge in [-0.05, 0) is 49.5 Å². The number of nitriles is 1. The molecule has 1 aromatic heterocycles. The van der Waals surface area contributed by atoms with Gasteiger partial charge in [0.25, 0.3) is 0 Å². The number of likely N-dealkylation sites (N-methyl/N-ethyl adjacent to an activating group) is 1. The molecular formula is C26H31N5O2S. The second kappa shape index (κ2) is 12.5. The maximum Gasteiger partial charge on any atom is 0.232 e. The fourth-order valence-electron chi connectivity index (χ4n) is 4.06. The van der Waals surface area contributed by atoms with Gasteiger partial charge in [0.1, 0.15) is 23.5 Å². The highest BCUT2D eigenvalue weighted by Crippen LogP contribution is 2.39. The zero-order valence-corrected chi connectivity index (χ0v) is 20.7. The van der Waals surface area contributed by atoms with Crippen molar-refractivity contribution in [2.75, 3.05) is 44.7 Å². The van der Waals surface area contributed by atoms with E-state index in [1.54, 1.807) is 0 Å². The third-order valence-corrected chi connectivity index (χ3v) is 7.13. The number of hydrogen-bond donors (Lipinski definition) is 1. The first-order valence-electron chi connectivity index (χ1n) is 11.6. The second-order valence-corrected chi connectivity index (χ2v) is 9.43. The number of aromatic nitrogens is 1. The summed E-state index contributed by atoms with van der Waals surface area (Å²) in [6.07, 6.45) is 2.57. The summed E-state index contributed by atoms with van der Waals surface area (Å²) >= 11 is 1.52. The minimum Gasteiger partial charge on any atom is -0.389 e. The molecule has 7 nitrogen and oxygen atoms in total. The van der Waals surface area contributed by atoms with E-state index in [1.807, 2.05) is 31.2 Å². The van der Waals surface area contributed by atoms with Gasteiger partial charge in [-0.25, -0.2) is 9.83 Å². The zero-order chi connectivity index (χ0) is 24.5. The molecule has 1 aliphatic rings. The number of carbonyl (C=O) groups excluding carboxylic acids is 1. The highest BCUT2D eigenvalue weighted by atomic mass is 32.2. The van der Waals surface area contributed by atoms with Crippen molar-refractivity contribution in [2.45, 2.75) is 43.4 Å². The largest absolute Gasteiger partial charge is 0.389 e. The lowest BCUT2D eigenvalue weighted by Gasteiger charge is -2.25. The number of carbonyl (C=O) groups is 1. The molecule has 1 fully saturated rings. The molecule has 1 aromatic carbocycles. The third kappa shape index (κ3) is 6.36. The summed E-state index contributed by atoms with van der Waals surface area (Å²) in [6, 6.07) is 10.4. The molecule has 2 heterocycles. The number of aryl methyl sites for hydroxylation is 1. The van der Waals surface area contributed by atoms with Crippen LogP contribution in [0.25, 0.3) is 4.85 Å². The van der Waals surface area contributed by atoms with Crippen molar-refractivity contribution in [2.24, 2.45) is 0 Å². The number of anilines is 1. The molecule has 0 unspecified atom stereocenters. The van der Waals surface area contributed by atoms with E-state index in [0.717, 1.165) is 49.3 Å². The summed E-state index contributed by atoms with van der Waals surface area (Å²) in [5, 5.41) is 19.5. The lowest BCUT2D eigenvalue weighted by molar-refractivity contribution is -0.121. The number of hydrogen-bond acceptors (Lipinski definition) is 7. The van der Waals surface area contributed by atoms with Gasteiger partial charge in [0, 0.05) is 31.8 Å². The van der Waals surface area contributed by atoms with E-state index in [-0.39, 0.29) is 5.78 Å². The number of aliphatic hydroxyl groups is 1. The van der Waals surface area contributed by atoms with Gasteiger partial charge in [-0.15, -0.1) is 11.8 Å². The summed E-state index contributed by atoms with van der Waals surface area (Å²) in [5.74, 6) is 1.20. The molecule has 178 valence electrons. The van der Waals surface area contributed by atoms with Crippen LogP contribution in [0.2, 0.25) is 0 Å². The minimum absolute atomic E-state index is 0.156. The predicted molar refractivity (Wildman–Crippen MR) is 135 cm³/mol. The SMILES string of the molecule is [C-]#[N+]c1c(N2CCCN(C)CC2)nc(SCc2ccc(CCC(=O)CO)cc2)c(C#N)c1CC. The lowest BCUT2D eigenvalue weighted by atomic mass is 10.1. The molecule has 0 radical (unpaired) electrons. The Bertz CT molecular complexity index is 1090. The first-order chi connectivity index (χ1) is 16.5. The molecular weight excluding hydrogens is 446 g/mol. The van der Waals surface area contributed by atoms with Crippen molar-refractivity contribution in [1.29, 1.82) is 5.26 Å². The van der Waals surface area contributed by atoms with Crippen molar-refractivity contribution in [3.05, 3.63) is 57.9 Å². The lowest BCUT2D eigenvalue weighted by Crippen LogP contribution is -2.29. The molecule has 0 spiro atoms. The summed E-state index contributed by atoms with van der Waals surface area (Å²) in [6.45, 7) is 13.0. The number of benzene rings is 1. The van der Waals surface area contributed by atoms with Crippen LogP contribution in [0.3, 0.4) is 0 Å². The quantitative estimate of drug-likeness (QED) is 0.432. The molecule has 0 atom stereocenters. The molecule has 1 aliphatic heterocycles. The van der Waals surface area contributed by atoms with Gasteiger partial charge in [0.15, 0.2) is 5.78 Å². The molecule has 0 saturated carbocycles. The average molecular weight is 478 g/mol. The standard InChI is InChI=1S/C26H31N5O2S/c1-4-22-23(16-27)26(29-25(24(22)28-2)31-13-5-12-30(3)14-15-31)34-18-20-8-6-19(7-9-20)10-11-21(33)17-32/h6-9,32H,4-5,10-15,17-18H2,1,3H3. The smallest absolute Gasteiger partial charge is 0.232 e. The fourth-order valence-corrected chi connectivity index (χ4v) is 5.02. The van der Waals surface area contributed by atoms with Crippen molar-refractivity contribution >= 4 is 29.1 Å². The van der Waals surface area contributed by atoms with Gasteiger partial charge in [0.05, 0.1) is 12.1 Å². The Hall–Kier alpha value is -2.91. The molecule has 0 aliphatic carbocycles. The summed E-state index contributed by atoms with van der Waals surface area (Å²) in [7, 11) is 2.11. The molecule has 1 N–H and O–H groups in total. The van der Waals surface area contributed by atoms with Crippen LogP contribution in [-0.4, -0.2) is 60.6 Å². The monoisotopic (exact) mass is 477 g/mol. The van der Waals surface area contributed by atoms with Crippen LogP contribution in [0.4, 0.5) is 11.5 Å². The number of thioether (sulfide) groups is 1. The van der Waals surface area contributed by atoms with Crippen LogP contribution < -0.4 is 4.90 Å². The van der Waals surface area contributed by atoms with Gasteiger partial charge in [0.2, 0.25) is 5.69 Å². The number of Topliss-reactive ketones (excluding diaryl/α,β-unsaturated/α-hetero) is 1. The number of pyridine rings is 1. The van der Waals surface area contributed by atoms with Gasteiger partial charge in [-0.2, -0.15) is 5.26 Å². The van der Waals surface area contributed by atoms with Crippen LogP contribution >= 0.6 is 11.8 Å². The highest BCUT2D eigenvalue weighted by Gasteiger charge is 2.24. The summed E-state index contributed by atoms with van der Waals surface area (Å²) < 4.78 is 0. The van der Waals surface area contributed by atoms with Crippen molar-refractivity contribution in [1.82, 2.24) is 9.88 Å². The average Bonchev–Trinajstić information content (AvgIpc) is 3.09. The van der Waals surface area contributed by atoms with Crippen molar-refractivity contribution < 1.29 is 9.90 Å². The van der Waals surface area contributed by atoms with E-state index in [1.165, 1.54) is 11.8 Å². The topological polar surface area (TPSA) is 84.8 Å². The Labute approximate surface area is 206 Å². The van der Waals surface area contributed by atoms with Crippen LogP contribution in [0.5, 0.6) is 0 Å².